The highest BCUT2D eigenvalue weighted by Crippen LogP contribution is 2.35. The van der Waals surface area contributed by atoms with Crippen molar-refractivity contribution in [3.05, 3.63) is 59.2 Å². The number of hydrogen-bond donors (Lipinski definition) is 1. The third kappa shape index (κ3) is 2.74. The topological polar surface area (TPSA) is 44.5 Å². The molecule has 3 rings (SSSR count). The van der Waals surface area contributed by atoms with Gasteiger partial charge in [-0.3, -0.25) is 0 Å². The van der Waals surface area contributed by atoms with Crippen molar-refractivity contribution < 1.29 is 9.47 Å². The van der Waals surface area contributed by atoms with Crippen molar-refractivity contribution in [3.63, 3.8) is 0 Å². The minimum Gasteiger partial charge on any atom is -0.454 e. The third-order valence-electron chi connectivity index (χ3n) is 4.20. The molecule has 0 bridgehead atoms. The second-order valence-electron chi connectivity index (χ2n) is 6.00. The summed E-state index contributed by atoms with van der Waals surface area (Å²) >= 11 is 0. The van der Waals surface area contributed by atoms with Gasteiger partial charge in [-0.15, -0.1) is 0 Å². The van der Waals surface area contributed by atoms with E-state index < -0.39 is 0 Å². The first-order chi connectivity index (χ1) is 10.1. The van der Waals surface area contributed by atoms with Crippen LogP contribution >= 0.6 is 0 Å². The van der Waals surface area contributed by atoms with Crippen LogP contribution in [0.2, 0.25) is 0 Å². The van der Waals surface area contributed by atoms with Gasteiger partial charge in [0.1, 0.15) is 0 Å². The normalized spacial score (nSPS) is 15.8. The molecule has 21 heavy (non-hydrogen) atoms. The molecule has 1 heterocycles. The number of hydrogen-bond acceptors (Lipinski definition) is 3. The first-order valence-electron chi connectivity index (χ1n) is 7.26. The summed E-state index contributed by atoms with van der Waals surface area (Å²) in [6.07, 6.45) is 0.879. The van der Waals surface area contributed by atoms with Crippen molar-refractivity contribution in [1.82, 2.24) is 0 Å². The second-order valence-corrected chi connectivity index (χ2v) is 6.00. The van der Waals surface area contributed by atoms with Crippen molar-refractivity contribution in [1.29, 1.82) is 0 Å². The average Bonchev–Trinajstić information content (AvgIpc) is 2.94. The fraction of sp³-hybridized carbons (Fsp3) is 0.333. The highest BCUT2D eigenvalue weighted by atomic mass is 16.7. The Morgan fingerprint density at radius 2 is 1.90 bits per heavy atom. The van der Waals surface area contributed by atoms with Crippen LogP contribution in [0.15, 0.2) is 42.5 Å². The Bertz CT molecular complexity index is 653. The number of benzene rings is 2. The molecule has 1 unspecified atom stereocenters. The van der Waals surface area contributed by atoms with Crippen molar-refractivity contribution >= 4 is 0 Å². The molecule has 110 valence electrons. The van der Waals surface area contributed by atoms with E-state index in [9.17, 15) is 0 Å². The average molecular weight is 283 g/mol. The lowest BCUT2D eigenvalue weighted by atomic mass is 9.77. The molecule has 1 aliphatic heterocycles. The summed E-state index contributed by atoms with van der Waals surface area (Å²) in [5.41, 5.74) is 9.77. The van der Waals surface area contributed by atoms with E-state index in [0.29, 0.717) is 13.3 Å². The molecule has 0 aliphatic carbocycles. The van der Waals surface area contributed by atoms with Gasteiger partial charge in [0.05, 0.1) is 0 Å². The number of aryl methyl sites for hydroxylation is 1. The molecule has 0 fully saturated rings. The van der Waals surface area contributed by atoms with Crippen molar-refractivity contribution in [2.24, 2.45) is 5.73 Å². The molecule has 1 atom stereocenters. The van der Waals surface area contributed by atoms with Gasteiger partial charge in [0.2, 0.25) is 6.79 Å². The monoisotopic (exact) mass is 283 g/mol. The molecule has 1 aliphatic rings. The lowest BCUT2D eigenvalue weighted by Gasteiger charge is -2.29. The van der Waals surface area contributed by atoms with Crippen molar-refractivity contribution in [2.75, 3.05) is 13.3 Å². The molecular weight excluding hydrogens is 262 g/mol. The number of ether oxygens (including phenoxy) is 2. The van der Waals surface area contributed by atoms with Gasteiger partial charge in [-0.05, 0) is 36.6 Å². The Morgan fingerprint density at radius 1 is 1.10 bits per heavy atom. The highest BCUT2D eigenvalue weighted by molar-refractivity contribution is 5.45. The van der Waals surface area contributed by atoms with E-state index in [-0.39, 0.29) is 5.41 Å². The van der Waals surface area contributed by atoms with Gasteiger partial charge in [-0.2, -0.15) is 0 Å². The molecule has 2 N–H and O–H groups in total. The lowest BCUT2D eigenvalue weighted by molar-refractivity contribution is 0.174. The maximum absolute atomic E-state index is 6.09. The smallest absolute Gasteiger partial charge is 0.231 e. The molecule has 0 radical (unpaired) electrons. The molecule has 0 amide bonds. The minimum absolute atomic E-state index is 0.0836. The van der Waals surface area contributed by atoms with Gasteiger partial charge < -0.3 is 15.2 Å². The lowest BCUT2D eigenvalue weighted by Crippen LogP contribution is -2.34. The van der Waals surface area contributed by atoms with E-state index in [2.05, 4.69) is 50.2 Å². The number of fused-ring (bicyclic) bond motifs is 1. The molecule has 2 aromatic rings. The van der Waals surface area contributed by atoms with Crippen LogP contribution < -0.4 is 15.2 Å². The molecule has 2 aromatic carbocycles. The van der Waals surface area contributed by atoms with Crippen LogP contribution in [0.5, 0.6) is 11.5 Å². The predicted molar refractivity (Wildman–Crippen MR) is 83.9 cm³/mol. The summed E-state index contributed by atoms with van der Waals surface area (Å²) in [6, 6.07) is 14.7. The zero-order chi connectivity index (χ0) is 14.9. The Balaban J connectivity index is 1.90. The first-order valence-corrected chi connectivity index (χ1v) is 7.26. The van der Waals surface area contributed by atoms with E-state index >= 15 is 0 Å². The van der Waals surface area contributed by atoms with Crippen LogP contribution in [0.25, 0.3) is 0 Å². The first kappa shape index (κ1) is 14.0. The van der Waals surface area contributed by atoms with E-state index in [1.165, 1.54) is 16.7 Å². The maximum atomic E-state index is 6.09. The molecule has 0 saturated carbocycles. The van der Waals surface area contributed by atoms with Crippen LogP contribution in [0.3, 0.4) is 0 Å². The van der Waals surface area contributed by atoms with E-state index in [1.807, 2.05) is 6.07 Å². The van der Waals surface area contributed by atoms with Crippen LogP contribution in [-0.2, 0) is 11.8 Å². The quantitative estimate of drug-likeness (QED) is 0.937. The van der Waals surface area contributed by atoms with Crippen LogP contribution in [0.4, 0.5) is 0 Å². The van der Waals surface area contributed by atoms with Gasteiger partial charge in [0.25, 0.3) is 0 Å². The number of nitrogens with two attached hydrogens (primary N) is 1. The number of rotatable bonds is 4. The van der Waals surface area contributed by atoms with Gasteiger partial charge in [0.15, 0.2) is 11.5 Å². The molecule has 0 saturated heterocycles. The van der Waals surface area contributed by atoms with Crippen molar-refractivity contribution in [2.45, 2.75) is 25.7 Å². The largest absolute Gasteiger partial charge is 0.454 e. The molecule has 3 nitrogen and oxygen atoms in total. The van der Waals surface area contributed by atoms with Gasteiger partial charge >= 0.3 is 0 Å². The summed E-state index contributed by atoms with van der Waals surface area (Å²) in [6.45, 7) is 5.24. The third-order valence-corrected chi connectivity index (χ3v) is 4.20. The van der Waals surface area contributed by atoms with E-state index in [4.69, 9.17) is 15.2 Å². The second kappa shape index (κ2) is 5.41. The standard InChI is InChI=1S/C18H21NO2/c1-13-4-3-5-15(8-13)18(2,11-19)10-14-6-7-16-17(9-14)21-12-20-16/h3-9H,10-12,19H2,1-2H3. The Labute approximate surface area is 125 Å². The Morgan fingerprint density at radius 3 is 2.67 bits per heavy atom. The summed E-state index contributed by atoms with van der Waals surface area (Å²) in [5, 5.41) is 0. The zero-order valence-corrected chi connectivity index (χ0v) is 12.6. The van der Waals surface area contributed by atoms with Crippen LogP contribution in [0, 0.1) is 6.92 Å². The predicted octanol–water partition coefficient (Wildman–Crippen LogP) is 3.18. The maximum Gasteiger partial charge on any atom is 0.231 e. The van der Waals surface area contributed by atoms with Crippen molar-refractivity contribution in [3.8, 4) is 11.5 Å². The van der Waals surface area contributed by atoms with E-state index in [0.717, 1.165) is 17.9 Å². The molecule has 0 spiro atoms. The van der Waals surface area contributed by atoms with E-state index in [1.54, 1.807) is 0 Å². The fourth-order valence-electron chi connectivity index (χ4n) is 2.81. The summed E-state index contributed by atoms with van der Waals surface area (Å²) in [4.78, 5) is 0. The van der Waals surface area contributed by atoms with Gasteiger partial charge in [0, 0.05) is 12.0 Å². The summed E-state index contributed by atoms with van der Waals surface area (Å²) in [5.74, 6) is 1.65. The highest BCUT2D eigenvalue weighted by Gasteiger charge is 2.26. The fourth-order valence-corrected chi connectivity index (χ4v) is 2.81. The minimum atomic E-state index is -0.0836. The van der Waals surface area contributed by atoms with Gasteiger partial charge in [-0.25, -0.2) is 0 Å². The Hall–Kier alpha value is -2.00. The molecular formula is C18H21NO2. The summed E-state index contributed by atoms with van der Waals surface area (Å²) < 4.78 is 10.8. The van der Waals surface area contributed by atoms with Crippen LogP contribution in [-0.4, -0.2) is 13.3 Å². The van der Waals surface area contributed by atoms with Gasteiger partial charge in [-0.1, -0.05) is 42.8 Å². The van der Waals surface area contributed by atoms with Crippen LogP contribution in [0.1, 0.15) is 23.6 Å². The SMILES string of the molecule is Cc1cccc(C(C)(CN)Cc2ccc3c(c2)OCO3)c1. The molecule has 0 aromatic heterocycles. The zero-order valence-electron chi connectivity index (χ0n) is 12.6. The summed E-state index contributed by atoms with van der Waals surface area (Å²) in [7, 11) is 0. The Kier molecular flexibility index (Phi) is 3.60. The molecule has 3 heteroatoms.